The van der Waals surface area contributed by atoms with Crippen LogP contribution in [0.4, 0.5) is 0 Å². The van der Waals surface area contributed by atoms with Gasteiger partial charge in [0.1, 0.15) is 13.4 Å². The Kier molecular flexibility index (Phi) is 2.77. The second kappa shape index (κ2) is 4.97. The SMILES string of the molecule is Bc1ccc2c(ccc3ccc4nc(-c5ccccc5)oc4c32)c1. The molecular formula is C21H14BNO. The van der Waals surface area contributed by atoms with E-state index in [1.54, 1.807) is 0 Å². The number of hydrogen-bond acceptors (Lipinski definition) is 2. The van der Waals surface area contributed by atoms with E-state index in [4.69, 9.17) is 9.40 Å². The first-order valence-electron chi connectivity index (χ1n) is 8.08. The molecule has 0 aliphatic heterocycles. The standard InChI is InChI=1S/C21H14BNO/c22-16-9-10-17-15(12-16)7-6-13-8-11-18-20(19(13)17)24-21(23-18)14-4-2-1-3-5-14/h1-12H,22H2. The van der Waals surface area contributed by atoms with Gasteiger partial charge in [0.2, 0.25) is 5.89 Å². The van der Waals surface area contributed by atoms with E-state index in [2.05, 4.69) is 44.2 Å². The summed E-state index contributed by atoms with van der Waals surface area (Å²) < 4.78 is 6.19. The fourth-order valence-electron chi connectivity index (χ4n) is 3.36. The predicted molar refractivity (Wildman–Crippen MR) is 103 cm³/mol. The molecule has 0 saturated heterocycles. The third-order valence-corrected chi connectivity index (χ3v) is 4.53. The number of fused-ring (bicyclic) bond motifs is 5. The summed E-state index contributed by atoms with van der Waals surface area (Å²) in [6.45, 7) is 0. The second-order valence-corrected chi connectivity index (χ2v) is 6.19. The van der Waals surface area contributed by atoms with Crippen molar-refractivity contribution in [3.8, 4) is 11.5 Å². The van der Waals surface area contributed by atoms with E-state index in [9.17, 15) is 0 Å². The van der Waals surface area contributed by atoms with Gasteiger partial charge in [0.05, 0.1) is 0 Å². The lowest BCUT2D eigenvalue weighted by Crippen LogP contribution is -1.99. The Morgan fingerprint density at radius 2 is 1.58 bits per heavy atom. The molecule has 1 aromatic heterocycles. The minimum atomic E-state index is 0.669. The van der Waals surface area contributed by atoms with E-state index in [0.29, 0.717) is 5.89 Å². The molecule has 2 nitrogen and oxygen atoms in total. The fourth-order valence-corrected chi connectivity index (χ4v) is 3.36. The van der Waals surface area contributed by atoms with Crippen LogP contribution < -0.4 is 5.46 Å². The van der Waals surface area contributed by atoms with Gasteiger partial charge in [-0.2, -0.15) is 0 Å². The van der Waals surface area contributed by atoms with Gasteiger partial charge in [-0.15, -0.1) is 0 Å². The van der Waals surface area contributed by atoms with Crippen molar-refractivity contribution in [2.24, 2.45) is 0 Å². The van der Waals surface area contributed by atoms with Crippen LogP contribution in [0.2, 0.25) is 0 Å². The van der Waals surface area contributed by atoms with Crippen LogP contribution in [0.15, 0.2) is 77.2 Å². The monoisotopic (exact) mass is 307 g/mol. The molecule has 3 heteroatoms. The molecule has 1 heterocycles. The molecule has 0 saturated carbocycles. The number of hydrogen-bond donors (Lipinski definition) is 0. The molecule has 0 spiro atoms. The van der Waals surface area contributed by atoms with Gasteiger partial charge >= 0.3 is 0 Å². The van der Waals surface area contributed by atoms with E-state index < -0.39 is 0 Å². The lowest BCUT2D eigenvalue weighted by Gasteiger charge is -2.05. The minimum absolute atomic E-state index is 0.669. The Balaban J connectivity index is 1.90. The molecule has 4 aromatic carbocycles. The third kappa shape index (κ3) is 1.95. The van der Waals surface area contributed by atoms with Crippen LogP contribution in [0.25, 0.3) is 44.1 Å². The molecule has 112 valence electrons. The Labute approximate surface area is 140 Å². The Bertz CT molecular complexity index is 1210. The van der Waals surface area contributed by atoms with Crippen LogP contribution in [0.3, 0.4) is 0 Å². The van der Waals surface area contributed by atoms with E-state index in [1.165, 1.54) is 21.6 Å². The molecule has 0 aliphatic carbocycles. The summed E-state index contributed by atoms with van der Waals surface area (Å²) in [5, 5.41) is 4.75. The second-order valence-electron chi connectivity index (χ2n) is 6.19. The normalized spacial score (nSPS) is 11.5. The molecular weight excluding hydrogens is 293 g/mol. The topological polar surface area (TPSA) is 26.0 Å². The van der Waals surface area contributed by atoms with Crippen LogP contribution in [-0.4, -0.2) is 12.8 Å². The van der Waals surface area contributed by atoms with Crippen LogP contribution in [0, 0.1) is 0 Å². The van der Waals surface area contributed by atoms with Gasteiger partial charge in [0.25, 0.3) is 0 Å². The summed E-state index contributed by atoms with van der Waals surface area (Å²) in [7, 11) is 2.12. The summed E-state index contributed by atoms with van der Waals surface area (Å²) in [5.74, 6) is 0.669. The molecule has 0 bridgehead atoms. The molecule has 0 N–H and O–H groups in total. The highest BCUT2D eigenvalue weighted by molar-refractivity contribution is 6.33. The summed E-state index contributed by atoms with van der Waals surface area (Å²) in [6.07, 6.45) is 0. The van der Waals surface area contributed by atoms with E-state index in [0.717, 1.165) is 22.0 Å². The molecule has 0 fully saturated rings. The molecule has 0 amide bonds. The fraction of sp³-hybridized carbons (Fsp3) is 0. The average molecular weight is 307 g/mol. The number of oxazole rings is 1. The average Bonchev–Trinajstić information content (AvgIpc) is 3.06. The zero-order valence-corrected chi connectivity index (χ0v) is 13.3. The van der Waals surface area contributed by atoms with Crippen LogP contribution in [0.5, 0.6) is 0 Å². The van der Waals surface area contributed by atoms with Crippen LogP contribution >= 0.6 is 0 Å². The van der Waals surface area contributed by atoms with Crippen molar-refractivity contribution in [2.75, 3.05) is 0 Å². The van der Waals surface area contributed by atoms with Gasteiger partial charge < -0.3 is 4.42 Å². The molecule has 0 aliphatic rings. The van der Waals surface area contributed by atoms with Gasteiger partial charge in [0, 0.05) is 10.9 Å². The lowest BCUT2D eigenvalue weighted by atomic mass is 9.91. The number of nitrogens with zero attached hydrogens (tertiary/aromatic N) is 1. The maximum absolute atomic E-state index is 6.19. The van der Waals surface area contributed by atoms with E-state index >= 15 is 0 Å². The zero-order chi connectivity index (χ0) is 16.1. The summed E-state index contributed by atoms with van der Waals surface area (Å²) in [4.78, 5) is 4.69. The van der Waals surface area contributed by atoms with Crippen molar-refractivity contribution in [2.45, 2.75) is 0 Å². The van der Waals surface area contributed by atoms with Gasteiger partial charge in [0.15, 0.2) is 5.58 Å². The van der Waals surface area contributed by atoms with Crippen molar-refractivity contribution < 1.29 is 4.42 Å². The number of aromatic nitrogens is 1. The highest BCUT2D eigenvalue weighted by Gasteiger charge is 2.13. The first kappa shape index (κ1) is 13.4. The molecule has 0 unspecified atom stereocenters. The zero-order valence-electron chi connectivity index (χ0n) is 13.3. The Morgan fingerprint density at radius 3 is 2.46 bits per heavy atom. The maximum Gasteiger partial charge on any atom is 0.227 e. The van der Waals surface area contributed by atoms with Crippen molar-refractivity contribution in [3.63, 3.8) is 0 Å². The smallest absolute Gasteiger partial charge is 0.227 e. The van der Waals surface area contributed by atoms with Crippen molar-refractivity contribution >= 4 is 46.0 Å². The number of benzene rings is 4. The third-order valence-electron chi connectivity index (χ3n) is 4.53. The first-order valence-corrected chi connectivity index (χ1v) is 8.08. The van der Waals surface area contributed by atoms with Crippen molar-refractivity contribution in [1.82, 2.24) is 4.98 Å². The Morgan fingerprint density at radius 1 is 0.792 bits per heavy atom. The minimum Gasteiger partial charge on any atom is -0.435 e. The van der Waals surface area contributed by atoms with Crippen LogP contribution in [0.1, 0.15) is 0 Å². The largest absolute Gasteiger partial charge is 0.435 e. The quantitative estimate of drug-likeness (QED) is 0.345. The van der Waals surface area contributed by atoms with Crippen LogP contribution in [-0.2, 0) is 0 Å². The highest BCUT2D eigenvalue weighted by atomic mass is 16.3. The van der Waals surface area contributed by atoms with Gasteiger partial charge in [-0.3, -0.25) is 0 Å². The molecule has 5 rings (SSSR count). The summed E-state index contributed by atoms with van der Waals surface area (Å²) in [5.41, 5.74) is 4.02. The maximum atomic E-state index is 6.19. The molecule has 0 atom stereocenters. The lowest BCUT2D eigenvalue weighted by molar-refractivity contribution is 0.623. The molecule has 0 radical (unpaired) electrons. The van der Waals surface area contributed by atoms with E-state index in [-0.39, 0.29) is 0 Å². The van der Waals surface area contributed by atoms with Gasteiger partial charge in [-0.05, 0) is 34.4 Å². The van der Waals surface area contributed by atoms with Gasteiger partial charge in [-0.1, -0.05) is 60.1 Å². The number of rotatable bonds is 1. The molecule has 24 heavy (non-hydrogen) atoms. The van der Waals surface area contributed by atoms with Crippen molar-refractivity contribution in [1.29, 1.82) is 0 Å². The predicted octanol–water partition coefficient (Wildman–Crippen LogP) is 4.06. The highest BCUT2D eigenvalue weighted by Crippen LogP contribution is 2.34. The first-order chi connectivity index (χ1) is 11.8. The molecule has 5 aromatic rings. The summed E-state index contributed by atoms with van der Waals surface area (Å²) in [6, 6.07) is 25.1. The van der Waals surface area contributed by atoms with Gasteiger partial charge in [-0.25, -0.2) is 4.98 Å². The Hall–Kier alpha value is -3.07. The summed E-state index contributed by atoms with van der Waals surface area (Å²) >= 11 is 0. The van der Waals surface area contributed by atoms with Crippen molar-refractivity contribution in [3.05, 3.63) is 72.8 Å². The van der Waals surface area contributed by atoms with E-state index in [1.807, 2.05) is 36.4 Å².